The lowest BCUT2D eigenvalue weighted by molar-refractivity contribution is -0.348. The van der Waals surface area contributed by atoms with E-state index in [-0.39, 0.29) is 11.6 Å². The third kappa shape index (κ3) is 9.48. The highest BCUT2D eigenvalue weighted by Gasteiger charge is 2.11. The van der Waals surface area contributed by atoms with Crippen molar-refractivity contribution in [1.82, 2.24) is 0 Å². The number of hydrogen-bond acceptors (Lipinski definition) is 4. The van der Waals surface area contributed by atoms with Gasteiger partial charge in [0.25, 0.3) is 0 Å². The van der Waals surface area contributed by atoms with Crippen molar-refractivity contribution >= 4 is 5.97 Å². The Morgan fingerprint density at radius 2 is 1.93 bits per heavy atom. The molecule has 0 aliphatic carbocycles. The van der Waals surface area contributed by atoms with E-state index < -0.39 is 0 Å². The van der Waals surface area contributed by atoms with E-state index in [9.17, 15) is 4.79 Å². The fourth-order valence-corrected chi connectivity index (χ4v) is 0.727. The van der Waals surface area contributed by atoms with Crippen molar-refractivity contribution < 1.29 is 19.3 Å². The van der Waals surface area contributed by atoms with Crippen molar-refractivity contribution in [1.29, 1.82) is 0 Å². The molecule has 0 unspecified atom stereocenters. The number of esters is 1. The lowest BCUT2D eigenvalue weighted by atomic mass is 10.2. The van der Waals surface area contributed by atoms with Crippen molar-refractivity contribution in [3.05, 3.63) is 0 Å². The molecular weight excluding hydrogens is 184 g/mol. The molecule has 0 heterocycles. The zero-order valence-electron chi connectivity index (χ0n) is 9.46. The Bertz CT molecular complexity index is 160. The predicted octanol–water partition coefficient (Wildman–Crippen LogP) is 2.08. The van der Waals surface area contributed by atoms with Crippen LogP contribution >= 0.6 is 0 Å². The molecule has 0 saturated heterocycles. The first kappa shape index (κ1) is 13.4. The quantitative estimate of drug-likeness (QED) is 0.287. The van der Waals surface area contributed by atoms with E-state index in [2.05, 4.69) is 0 Å². The molecule has 0 aromatic heterocycles. The SMILES string of the molecule is CCOC(=O)CCCOOC(C)(C)C. The molecule has 0 N–H and O–H groups in total. The van der Waals surface area contributed by atoms with Crippen LogP contribution in [0.15, 0.2) is 0 Å². The summed E-state index contributed by atoms with van der Waals surface area (Å²) in [6.07, 6.45) is 0.996. The first-order valence-electron chi connectivity index (χ1n) is 4.92. The fraction of sp³-hybridized carbons (Fsp3) is 0.900. The molecule has 0 atom stereocenters. The van der Waals surface area contributed by atoms with Crippen molar-refractivity contribution in [3.8, 4) is 0 Å². The summed E-state index contributed by atoms with van der Waals surface area (Å²) in [5.41, 5.74) is -0.302. The monoisotopic (exact) mass is 204 g/mol. The minimum Gasteiger partial charge on any atom is -0.466 e. The molecule has 0 rings (SSSR count). The summed E-state index contributed by atoms with van der Waals surface area (Å²) in [5, 5.41) is 0. The number of carbonyl (C=O) groups is 1. The Balaban J connectivity index is 3.26. The number of rotatable bonds is 6. The van der Waals surface area contributed by atoms with Crippen molar-refractivity contribution in [2.45, 2.75) is 46.1 Å². The Morgan fingerprint density at radius 3 is 2.43 bits per heavy atom. The largest absolute Gasteiger partial charge is 0.466 e. The van der Waals surface area contributed by atoms with E-state index in [1.54, 1.807) is 6.92 Å². The Hall–Kier alpha value is -0.610. The summed E-state index contributed by atoms with van der Waals surface area (Å²) in [7, 11) is 0. The van der Waals surface area contributed by atoms with Crippen LogP contribution in [-0.2, 0) is 19.3 Å². The summed E-state index contributed by atoms with van der Waals surface area (Å²) in [6, 6.07) is 0. The van der Waals surface area contributed by atoms with E-state index in [4.69, 9.17) is 14.5 Å². The standard InChI is InChI=1S/C10H20O4/c1-5-12-9(11)7-6-8-13-14-10(2,3)4/h5-8H2,1-4H3. The first-order chi connectivity index (χ1) is 6.45. The molecule has 14 heavy (non-hydrogen) atoms. The summed E-state index contributed by atoms with van der Waals surface area (Å²) in [6.45, 7) is 8.33. The van der Waals surface area contributed by atoms with Crippen molar-refractivity contribution in [2.75, 3.05) is 13.2 Å². The minimum atomic E-state index is -0.302. The van der Waals surface area contributed by atoms with Crippen LogP contribution in [0.25, 0.3) is 0 Å². The minimum absolute atomic E-state index is 0.188. The maximum absolute atomic E-state index is 10.9. The van der Waals surface area contributed by atoms with E-state index in [1.807, 2.05) is 20.8 Å². The molecule has 84 valence electrons. The van der Waals surface area contributed by atoms with E-state index in [0.29, 0.717) is 26.1 Å². The Morgan fingerprint density at radius 1 is 1.29 bits per heavy atom. The molecule has 4 nitrogen and oxygen atoms in total. The van der Waals surface area contributed by atoms with Crippen LogP contribution in [0.1, 0.15) is 40.5 Å². The van der Waals surface area contributed by atoms with Crippen LogP contribution < -0.4 is 0 Å². The van der Waals surface area contributed by atoms with Gasteiger partial charge in [0.15, 0.2) is 0 Å². The molecule has 4 heteroatoms. The third-order valence-corrected chi connectivity index (χ3v) is 1.22. The number of ether oxygens (including phenoxy) is 1. The maximum Gasteiger partial charge on any atom is 0.305 e. The molecule has 0 saturated carbocycles. The van der Waals surface area contributed by atoms with Gasteiger partial charge in [-0.25, -0.2) is 9.78 Å². The molecule has 0 amide bonds. The zero-order chi connectivity index (χ0) is 11.0. The second-order valence-corrected chi connectivity index (χ2v) is 3.93. The Kier molecular flexibility index (Phi) is 6.49. The molecule has 0 bridgehead atoms. The molecule has 0 aromatic carbocycles. The molecule has 0 aromatic rings. The van der Waals surface area contributed by atoms with Crippen LogP contribution in [0.5, 0.6) is 0 Å². The van der Waals surface area contributed by atoms with E-state index in [0.717, 1.165) is 0 Å². The van der Waals surface area contributed by atoms with Crippen molar-refractivity contribution in [2.24, 2.45) is 0 Å². The lowest BCUT2D eigenvalue weighted by Gasteiger charge is -2.17. The smallest absolute Gasteiger partial charge is 0.305 e. The average molecular weight is 204 g/mol. The van der Waals surface area contributed by atoms with Gasteiger partial charge < -0.3 is 4.74 Å². The summed E-state index contributed by atoms with van der Waals surface area (Å²) >= 11 is 0. The maximum atomic E-state index is 10.9. The average Bonchev–Trinajstić information content (AvgIpc) is 2.02. The molecule has 0 radical (unpaired) electrons. The summed E-state index contributed by atoms with van der Waals surface area (Å²) in [5.74, 6) is -0.188. The lowest BCUT2D eigenvalue weighted by Crippen LogP contribution is -2.19. The fourth-order valence-electron chi connectivity index (χ4n) is 0.727. The third-order valence-electron chi connectivity index (χ3n) is 1.22. The summed E-state index contributed by atoms with van der Waals surface area (Å²) < 4.78 is 4.75. The van der Waals surface area contributed by atoms with Crippen molar-refractivity contribution in [3.63, 3.8) is 0 Å². The van der Waals surface area contributed by atoms with Crippen LogP contribution in [-0.4, -0.2) is 24.8 Å². The Labute approximate surface area is 85.5 Å². The zero-order valence-corrected chi connectivity index (χ0v) is 9.46. The molecule has 0 fully saturated rings. The first-order valence-corrected chi connectivity index (χ1v) is 4.92. The molecule has 0 aliphatic heterocycles. The second-order valence-electron chi connectivity index (χ2n) is 3.93. The van der Waals surface area contributed by atoms with Gasteiger partial charge in [0.05, 0.1) is 18.8 Å². The van der Waals surface area contributed by atoms with Gasteiger partial charge in [-0.3, -0.25) is 4.79 Å². The van der Waals surface area contributed by atoms with E-state index >= 15 is 0 Å². The second kappa shape index (κ2) is 6.79. The van der Waals surface area contributed by atoms with Crippen LogP contribution in [0.4, 0.5) is 0 Å². The van der Waals surface area contributed by atoms with Gasteiger partial charge in [0.2, 0.25) is 0 Å². The van der Waals surface area contributed by atoms with Gasteiger partial charge in [-0.05, 0) is 34.1 Å². The van der Waals surface area contributed by atoms with Gasteiger partial charge in [-0.15, -0.1) is 0 Å². The van der Waals surface area contributed by atoms with Gasteiger partial charge >= 0.3 is 5.97 Å². The summed E-state index contributed by atoms with van der Waals surface area (Å²) in [4.78, 5) is 20.8. The predicted molar refractivity (Wildman–Crippen MR) is 52.7 cm³/mol. The topological polar surface area (TPSA) is 44.8 Å². The highest BCUT2D eigenvalue weighted by Crippen LogP contribution is 2.07. The molecule has 0 spiro atoms. The highest BCUT2D eigenvalue weighted by molar-refractivity contribution is 5.69. The number of carbonyl (C=O) groups excluding carboxylic acids is 1. The highest BCUT2D eigenvalue weighted by atomic mass is 17.2. The van der Waals surface area contributed by atoms with Crippen LogP contribution in [0.2, 0.25) is 0 Å². The normalized spacial score (nSPS) is 11.4. The van der Waals surface area contributed by atoms with Gasteiger partial charge in [0, 0.05) is 6.42 Å². The molecule has 0 aliphatic rings. The number of hydrogen-bond donors (Lipinski definition) is 0. The van der Waals surface area contributed by atoms with E-state index in [1.165, 1.54) is 0 Å². The van der Waals surface area contributed by atoms with Gasteiger partial charge in [-0.2, -0.15) is 0 Å². The van der Waals surface area contributed by atoms with Crippen LogP contribution in [0.3, 0.4) is 0 Å². The van der Waals surface area contributed by atoms with Gasteiger partial charge in [0.1, 0.15) is 0 Å². The van der Waals surface area contributed by atoms with Gasteiger partial charge in [-0.1, -0.05) is 0 Å². The molecular formula is C10H20O4. The van der Waals surface area contributed by atoms with Crippen LogP contribution in [0, 0.1) is 0 Å².